The Kier molecular flexibility index (Phi) is 2.07. The van der Waals surface area contributed by atoms with E-state index in [1.54, 1.807) is 7.05 Å². The van der Waals surface area contributed by atoms with Gasteiger partial charge in [-0.1, -0.05) is 0 Å². The van der Waals surface area contributed by atoms with E-state index in [0.717, 1.165) is 25.9 Å². The lowest BCUT2D eigenvalue weighted by atomic mass is 10.4. The molecule has 1 fully saturated rings. The van der Waals surface area contributed by atoms with Crippen molar-refractivity contribution in [3.63, 3.8) is 0 Å². The van der Waals surface area contributed by atoms with Gasteiger partial charge in [-0.15, -0.1) is 0 Å². The lowest BCUT2D eigenvalue weighted by Crippen LogP contribution is -2.28. The summed E-state index contributed by atoms with van der Waals surface area (Å²) in [5.74, 6) is 0.671. The minimum Gasteiger partial charge on any atom is -0.342 e. The predicted molar refractivity (Wildman–Crippen MR) is 63.4 cm³/mol. The van der Waals surface area contributed by atoms with E-state index < -0.39 is 11.2 Å². The smallest absolute Gasteiger partial charge is 0.329 e. The topological polar surface area (TPSA) is 86.8 Å². The fraction of sp³-hybridized carbons (Fsp3) is 0.500. The molecule has 0 bridgehead atoms. The van der Waals surface area contributed by atoms with Crippen molar-refractivity contribution >= 4 is 17.1 Å². The Balaban J connectivity index is 2.25. The van der Waals surface area contributed by atoms with Gasteiger partial charge in [0, 0.05) is 20.1 Å². The number of aromatic amines is 2. The van der Waals surface area contributed by atoms with Crippen LogP contribution in [0, 0.1) is 0 Å². The van der Waals surface area contributed by atoms with Crippen LogP contribution in [-0.4, -0.2) is 32.6 Å². The number of rotatable bonds is 1. The van der Waals surface area contributed by atoms with E-state index in [9.17, 15) is 9.59 Å². The molecule has 2 aromatic rings. The molecule has 2 N–H and O–H groups in total. The van der Waals surface area contributed by atoms with Crippen LogP contribution >= 0.6 is 0 Å². The lowest BCUT2D eigenvalue weighted by molar-refractivity contribution is 0.830. The Morgan fingerprint density at radius 2 is 1.88 bits per heavy atom. The first-order valence-electron chi connectivity index (χ1n) is 5.61. The second-order valence-electron chi connectivity index (χ2n) is 4.27. The molecule has 3 heterocycles. The van der Waals surface area contributed by atoms with Crippen LogP contribution in [0.2, 0.25) is 0 Å². The number of H-pyrrole nitrogens is 2. The molecule has 0 atom stereocenters. The highest BCUT2D eigenvalue weighted by Gasteiger charge is 2.18. The number of hydrogen-bond donors (Lipinski definition) is 2. The molecule has 1 saturated heterocycles. The summed E-state index contributed by atoms with van der Waals surface area (Å²) < 4.78 is 1.34. The van der Waals surface area contributed by atoms with E-state index >= 15 is 0 Å². The zero-order chi connectivity index (χ0) is 12.0. The van der Waals surface area contributed by atoms with Gasteiger partial charge in [0.2, 0.25) is 5.95 Å². The van der Waals surface area contributed by atoms with E-state index in [1.165, 1.54) is 4.57 Å². The third kappa shape index (κ3) is 1.46. The lowest BCUT2D eigenvalue weighted by Gasteiger charge is -2.12. The van der Waals surface area contributed by atoms with Crippen molar-refractivity contribution in [2.45, 2.75) is 12.8 Å². The first kappa shape index (κ1) is 10.1. The molecule has 0 amide bonds. The highest BCUT2D eigenvalue weighted by atomic mass is 16.2. The molecule has 7 heteroatoms. The number of nitrogens with zero attached hydrogens (tertiary/aromatic N) is 3. The maximum Gasteiger partial charge on any atom is 0.329 e. The van der Waals surface area contributed by atoms with Gasteiger partial charge in [0.1, 0.15) is 0 Å². The minimum absolute atomic E-state index is 0.356. The standard InChI is InChI=1S/C10H13N5O2/c1-14-7-6(8(16)13-10(14)17)11-9(12-7)15-4-2-3-5-15/h2-5H2,1H3,(H,11,12)(H,13,16,17). The normalized spacial score (nSPS) is 15.9. The van der Waals surface area contributed by atoms with Gasteiger partial charge < -0.3 is 9.88 Å². The fourth-order valence-corrected chi connectivity index (χ4v) is 2.17. The molecule has 90 valence electrons. The summed E-state index contributed by atoms with van der Waals surface area (Å²) in [7, 11) is 1.59. The van der Waals surface area contributed by atoms with Gasteiger partial charge in [-0.25, -0.2) is 4.79 Å². The van der Waals surface area contributed by atoms with Crippen LogP contribution in [0.25, 0.3) is 11.2 Å². The molecule has 0 spiro atoms. The molecule has 0 saturated carbocycles. The Morgan fingerprint density at radius 1 is 1.18 bits per heavy atom. The van der Waals surface area contributed by atoms with Gasteiger partial charge in [-0.2, -0.15) is 4.98 Å². The number of fused-ring (bicyclic) bond motifs is 1. The Hall–Kier alpha value is -2.05. The van der Waals surface area contributed by atoms with E-state index in [4.69, 9.17) is 0 Å². The molecule has 0 radical (unpaired) electrons. The van der Waals surface area contributed by atoms with Crippen LogP contribution in [0.15, 0.2) is 9.59 Å². The summed E-state index contributed by atoms with van der Waals surface area (Å²) in [6.07, 6.45) is 2.26. The first-order valence-corrected chi connectivity index (χ1v) is 5.61. The molecule has 1 aliphatic heterocycles. The van der Waals surface area contributed by atoms with E-state index in [1.807, 2.05) is 0 Å². The van der Waals surface area contributed by atoms with Crippen LogP contribution in [-0.2, 0) is 7.05 Å². The van der Waals surface area contributed by atoms with Gasteiger partial charge in [0.25, 0.3) is 5.56 Å². The van der Waals surface area contributed by atoms with E-state index in [0.29, 0.717) is 17.1 Å². The Labute approximate surface area is 96.1 Å². The van der Waals surface area contributed by atoms with Crippen LogP contribution in [0.1, 0.15) is 12.8 Å². The van der Waals surface area contributed by atoms with Crippen molar-refractivity contribution in [3.05, 3.63) is 20.8 Å². The molecule has 7 nitrogen and oxygen atoms in total. The molecule has 2 aromatic heterocycles. The highest BCUT2D eigenvalue weighted by Crippen LogP contribution is 2.18. The zero-order valence-electron chi connectivity index (χ0n) is 9.49. The average molecular weight is 235 g/mol. The van der Waals surface area contributed by atoms with Gasteiger partial charge in [-0.3, -0.25) is 14.3 Å². The fourth-order valence-electron chi connectivity index (χ4n) is 2.17. The van der Waals surface area contributed by atoms with Crippen LogP contribution < -0.4 is 16.1 Å². The third-order valence-electron chi connectivity index (χ3n) is 3.15. The maximum absolute atomic E-state index is 11.6. The van der Waals surface area contributed by atoms with Gasteiger partial charge in [0.05, 0.1) is 0 Å². The molecule has 0 aromatic carbocycles. The predicted octanol–water partition coefficient (Wildman–Crippen LogP) is -0.450. The second-order valence-corrected chi connectivity index (χ2v) is 4.27. The Morgan fingerprint density at radius 3 is 2.59 bits per heavy atom. The second kappa shape index (κ2) is 3.47. The van der Waals surface area contributed by atoms with Crippen molar-refractivity contribution in [1.82, 2.24) is 19.5 Å². The molecule has 1 aliphatic rings. The maximum atomic E-state index is 11.6. The van der Waals surface area contributed by atoms with E-state index in [-0.39, 0.29) is 0 Å². The van der Waals surface area contributed by atoms with E-state index in [2.05, 4.69) is 19.9 Å². The molecule has 17 heavy (non-hydrogen) atoms. The minimum atomic E-state index is -0.443. The highest BCUT2D eigenvalue weighted by molar-refractivity contribution is 5.72. The molecule has 0 unspecified atom stereocenters. The number of anilines is 1. The average Bonchev–Trinajstić information content (AvgIpc) is 2.94. The number of nitrogens with one attached hydrogen (secondary N) is 2. The monoisotopic (exact) mass is 235 g/mol. The van der Waals surface area contributed by atoms with Crippen molar-refractivity contribution in [2.24, 2.45) is 7.05 Å². The summed E-state index contributed by atoms with van der Waals surface area (Å²) in [6.45, 7) is 1.87. The summed E-state index contributed by atoms with van der Waals surface area (Å²) >= 11 is 0. The molecular weight excluding hydrogens is 222 g/mol. The SMILES string of the molecule is Cn1c(=O)[nH]c(=O)c2[nH]c(N3CCCC3)nc21. The van der Waals surface area contributed by atoms with Crippen molar-refractivity contribution in [2.75, 3.05) is 18.0 Å². The number of imidazole rings is 1. The van der Waals surface area contributed by atoms with Gasteiger partial charge in [0.15, 0.2) is 11.2 Å². The summed E-state index contributed by atoms with van der Waals surface area (Å²) in [6, 6.07) is 0. The molecule has 0 aliphatic carbocycles. The van der Waals surface area contributed by atoms with Crippen LogP contribution in [0.5, 0.6) is 0 Å². The summed E-state index contributed by atoms with van der Waals surface area (Å²) in [4.78, 5) is 34.7. The van der Waals surface area contributed by atoms with Gasteiger partial charge >= 0.3 is 5.69 Å². The molecular formula is C10H13N5O2. The third-order valence-corrected chi connectivity index (χ3v) is 3.15. The Bertz CT molecular complexity index is 674. The van der Waals surface area contributed by atoms with Crippen LogP contribution in [0.4, 0.5) is 5.95 Å². The number of aromatic nitrogens is 4. The number of hydrogen-bond acceptors (Lipinski definition) is 4. The first-order chi connectivity index (χ1) is 8.16. The van der Waals surface area contributed by atoms with Gasteiger partial charge in [-0.05, 0) is 12.8 Å². The number of aryl methyl sites for hydroxylation is 1. The zero-order valence-corrected chi connectivity index (χ0v) is 9.49. The van der Waals surface area contributed by atoms with Crippen LogP contribution in [0.3, 0.4) is 0 Å². The quantitative estimate of drug-likeness (QED) is 0.701. The largest absolute Gasteiger partial charge is 0.342 e. The van der Waals surface area contributed by atoms with Crippen molar-refractivity contribution in [3.8, 4) is 0 Å². The summed E-state index contributed by atoms with van der Waals surface area (Å²) in [5.41, 5.74) is -0.0994. The molecule has 3 rings (SSSR count). The van der Waals surface area contributed by atoms with Crippen molar-refractivity contribution < 1.29 is 0 Å². The summed E-state index contributed by atoms with van der Waals surface area (Å²) in [5, 5.41) is 0. The van der Waals surface area contributed by atoms with Crippen molar-refractivity contribution in [1.29, 1.82) is 0 Å².